The quantitative estimate of drug-likeness (QED) is 0.103. The number of halogens is 2. The number of allylic oxidation sites excluding steroid dienone is 2. The second-order valence-electron chi connectivity index (χ2n) is 8.11. The molecule has 0 aliphatic carbocycles. The topological polar surface area (TPSA) is 104 Å². The largest absolute Gasteiger partial charge is 1.00 e. The van der Waals surface area contributed by atoms with Gasteiger partial charge in [-0.1, -0.05) is 23.2 Å². The summed E-state index contributed by atoms with van der Waals surface area (Å²) in [5.74, 6) is -0.738. The molecule has 1 fully saturated rings. The molecule has 2 aliphatic rings. The van der Waals surface area contributed by atoms with Crippen LogP contribution < -0.4 is 39.4 Å². The molecule has 3 rings (SSSR count). The van der Waals surface area contributed by atoms with Crippen LogP contribution in [0.1, 0.15) is 33.6 Å². The monoisotopic (exact) mass is 596 g/mol. The fourth-order valence-corrected chi connectivity index (χ4v) is 5.50. The first-order chi connectivity index (χ1) is 16.9. The molecule has 0 bridgehead atoms. The van der Waals surface area contributed by atoms with E-state index >= 15 is 0 Å². The molecule has 0 saturated carbocycles. The summed E-state index contributed by atoms with van der Waals surface area (Å²) in [6.07, 6.45) is 3.76. The van der Waals surface area contributed by atoms with Gasteiger partial charge in [0.15, 0.2) is 5.11 Å². The van der Waals surface area contributed by atoms with E-state index in [1.807, 2.05) is 16.7 Å². The fourth-order valence-electron chi connectivity index (χ4n) is 4.21. The Morgan fingerprint density at radius 2 is 1.35 bits per heavy atom. The van der Waals surface area contributed by atoms with Gasteiger partial charge in [0.25, 0.3) is 11.8 Å². The van der Waals surface area contributed by atoms with Crippen LogP contribution in [0.2, 0.25) is 10.0 Å². The number of hydrogen-bond donors (Lipinski definition) is 0. The zero-order valence-electron chi connectivity index (χ0n) is 21.2. The number of nitrogens with zero attached hydrogens (tertiary/aromatic N) is 4. The number of thiocarbonyl (C=S) groups is 1. The Kier molecular flexibility index (Phi) is 11.5. The van der Waals surface area contributed by atoms with Crippen molar-refractivity contribution in [3.63, 3.8) is 0 Å². The maximum Gasteiger partial charge on any atom is 1.00 e. The van der Waals surface area contributed by atoms with Crippen LogP contribution in [-0.4, -0.2) is 71.6 Å². The van der Waals surface area contributed by atoms with Gasteiger partial charge in [-0.3, -0.25) is 19.4 Å². The number of anilines is 2. The molecule has 0 radical (unpaired) electrons. The third-order valence-electron chi connectivity index (χ3n) is 5.94. The van der Waals surface area contributed by atoms with Crippen LogP contribution in [0.3, 0.4) is 0 Å². The molecule has 0 atom stereocenters. The van der Waals surface area contributed by atoms with Gasteiger partial charge < -0.3 is 14.4 Å². The van der Waals surface area contributed by atoms with Crippen molar-refractivity contribution in [2.75, 3.05) is 41.7 Å². The average Bonchev–Trinajstić information content (AvgIpc) is 3.08. The predicted molar refractivity (Wildman–Crippen MR) is 144 cm³/mol. The number of likely N-dealkylation sites (N-methyl/N-ethyl adjacent to an activating group) is 2. The molecule has 1 aromatic rings. The third-order valence-corrected chi connectivity index (χ3v) is 7.89. The summed E-state index contributed by atoms with van der Waals surface area (Å²) in [7, 11) is -4.32. The minimum Gasteiger partial charge on any atom is -0.748 e. The number of fused-ring (bicyclic) bond motifs is 1. The number of amides is 2. The molecular formula is C23H27Cl2N4NaO5S2. The van der Waals surface area contributed by atoms with Gasteiger partial charge >= 0.3 is 29.6 Å². The van der Waals surface area contributed by atoms with E-state index in [2.05, 4.69) is 0 Å². The van der Waals surface area contributed by atoms with Crippen LogP contribution in [0.15, 0.2) is 35.7 Å². The summed E-state index contributed by atoms with van der Waals surface area (Å²) in [4.78, 5) is 32.7. The molecule has 0 N–H and O–H groups in total. The fraction of sp³-hybridized carbons (Fsp3) is 0.435. The molecular weight excluding hydrogens is 570 g/mol. The van der Waals surface area contributed by atoms with Crippen molar-refractivity contribution >= 4 is 73.8 Å². The minimum atomic E-state index is -4.32. The molecule has 0 unspecified atom stereocenters. The van der Waals surface area contributed by atoms with Gasteiger partial charge in [0.05, 0.1) is 31.5 Å². The normalized spacial score (nSPS) is 17.1. The summed E-state index contributed by atoms with van der Waals surface area (Å²) in [6, 6.07) is 3.45. The van der Waals surface area contributed by atoms with E-state index in [-0.39, 0.29) is 46.7 Å². The van der Waals surface area contributed by atoms with E-state index in [1.165, 1.54) is 15.9 Å². The van der Waals surface area contributed by atoms with Crippen molar-refractivity contribution < 1.29 is 52.1 Å². The van der Waals surface area contributed by atoms with Gasteiger partial charge in [-0.15, -0.1) is 0 Å². The second kappa shape index (κ2) is 13.3. The molecule has 37 heavy (non-hydrogen) atoms. The summed E-state index contributed by atoms with van der Waals surface area (Å²) in [5, 5.41) is 0.901. The standard InChI is InChI=1S/C23H28Cl2N4O5S2.Na/c1-4-26-18-13-16(24)17(25)14-19(18)29(11-7-8-12-36(32,33)34)20(26)10-9-15-21(30)27(5-2)23(35)28(6-3)22(15)31;/h9-10,13-14H,4-8,11-12H2,1-3H3,(H,32,33,34);/q;+1/p-1/b20-10-;. The van der Waals surface area contributed by atoms with Crippen LogP contribution in [0.25, 0.3) is 0 Å². The minimum absolute atomic E-state index is 0. The number of benzene rings is 1. The number of hydrogen-bond acceptors (Lipinski definition) is 8. The molecule has 2 heterocycles. The number of carbonyl (C=O) groups excluding carboxylic acids is 2. The average molecular weight is 598 g/mol. The summed E-state index contributed by atoms with van der Waals surface area (Å²) < 4.78 is 33.1. The Hall–Kier alpha value is -1.18. The smallest absolute Gasteiger partial charge is 0.748 e. The summed E-state index contributed by atoms with van der Waals surface area (Å²) >= 11 is 17.9. The maximum absolute atomic E-state index is 13.0. The molecule has 14 heteroatoms. The first kappa shape index (κ1) is 32.0. The predicted octanol–water partition coefficient (Wildman–Crippen LogP) is 0.732. The number of unbranched alkanes of at least 4 members (excludes halogenated alkanes) is 1. The van der Waals surface area contributed by atoms with Gasteiger partial charge in [-0.25, -0.2) is 8.42 Å². The van der Waals surface area contributed by atoms with Crippen molar-refractivity contribution in [3.8, 4) is 0 Å². The Morgan fingerprint density at radius 3 is 1.81 bits per heavy atom. The van der Waals surface area contributed by atoms with E-state index in [0.717, 1.165) is 11.4 Å². The van der Waals surface area contributed by atoms with E-state index < -0.39 is 27.7 Å². The molecule has 9 nitrogen and oxygen atoms in total. The van der Waals surface area contributed by atoms with Crippen LogP contribution in [-0.2, 0) is 19.7 Å². The molecule has 196 valence electrons. The van der Waals surface area contributed by atoms with E-state index in [0.29, 0.717) is 48.5 Å². The number of rotatable bonds is 9. The van der Waals surface area contributed by atoms with Gasteiger partial charge in [0.2, 0.25) is 0 Å². The zero-order chi connectivity index (χ0) is 26.8. The Morgan fingerprint density at radius 1 is 0.865 bits per heavy atom. The van der Waals surface area contributed by atoms with Gasteiger partial charge in [0.1, 0.15) is 11.4 Å². The van der Waals surface area contributed by atoms with Crippen molar-refractivity contribution in [2.45, 2.75) is 33.6 Å². The third kappa shape index (κ3) is 6.88. The van der Waals surface area contributed by atoms with Crippen LogP contribution in [0.4, 0.5) is 11.4 Å². The first-order valence-corrected chi connectivity index (χ1v) is 14.3. The molecule has 0 spiro atoms. The zero-order valence-corrected chi connectivity index (χ0v) is 26.3. The molecule has 0 aromatic heterocycles. The second-order valence-corrected chi connectivity index (χ2v) is 10.8. The maximum atomic E-state index is 13.0. The van der Waals surface area contributed by atoms with Crippen molar-refractivity contribution in [1.29, 1.82) is 0 Å². The molecule has 2 aliphatic heterocycles. The van der Waals surface area contributed by atoms with Crippen LogP contribution >= 0.6 is 35.4 Å². The van der Waals surface area contributed by atoms with Gasteiger partial charge in [-0.2, -0.15) is 0 Å². The van der Waals surface area contributed by atoms with Crippen LogP contribution in [0, 0.1) is 0 Å². The van der Waals surface area contributed by atoms with Crippen LogP contribution in [0.5, 0.6) is 0 Å². The Balaban J connectivity index is 0.00000481. The van der Waals surface area contributed by atoms with Gasteiger partial charge in [-0.05, 0) is 70.1 Å². The SMILES string of the molecule is CCN1C(=O)C(=C/C=C2/N(CC)c3cc(Cl)c(Cl)cc3N2CCCCS(=O)(=O)[O-])C(=O)N(CC)C1=S.[Na+]. The molecule has 1 saturated heterocycles. The Labute approximate surface area is 255 Å². The van der Waals surface area contributed by atoms with Crippen molar-refractivity contribution in [1.82, 2.24) is 9.80 Å². The van der Waals surface area contributed by atoms with E-state index in [4.69, 9.17) is 35.4 Å². The first-order valence-electron chi connectivity index (χ1n) is 11.5. The number of carbonyl (C=O) groups is 2. The van der Waals surface area contributed by atoms with E-state index in [9.17, 15) is 22.6 Å². The summed E-state index contributed by atoms with van der Waals surface area (Å²) in [6.45, 7) is 7.08. The molecule has 1 aromatic carbocycles. The van der Waals surface area contributed by atoms with Crippen molar-refractivity contribution in [3.05, 3.63) is 45.7 Å². The summed E-state index contributed by atoms with van der Waals surface area (Å²) in [5.41, 5.74) is 1.51. The van der Waals surface area contributed by atoms with Crippen molar-refractivity contribution in [2.24, 2.45) is 0 Å². The van der Waals surface area contributed by atoms with Gasteiger partial charge in [0, 0.05) is 31.9 Å². The Bertz CT molecular complexity index is 1230. The molecule has 2 amide bonds. The van der Waals surface area contributed by atoms with E-state index in [1.54, 1.807) is 32.1 Å².